The molecule has 90 valence electrons. The van der Waals surface area contributed by atoms with Gasteiger partial charge in [0.25, 0.3) is 0 Å². The van der Waals surface area contributed by atoms with Crippen LogP contribution in [0.1, 0.15) is 23.0 Å². The number of ether oxygens (including phenoxy) is 1. The van der Waals surface area contributed by atoms with Gasteiger partial charge in [-0.05, 0) is 36.2 Å². The van der Waals surface area contributed by atoms with E-state index in [4.69, 9.17) is 9.15 Å². The van der Waals surface area contributed by atoms with Gasteiger partial charge in [-0.15, -0.1) is 0 Å². The molecule has 0 radical (unpaired) electrons. The maximum Gasteiger partial charge on any atom is 0.135 e. The third-order valence-electron chi connectivity index (χ3n) is 2.79. The number of benzene rings is 1. The van der Waals surface area contributed by atoms with Gasteiger partial charge in [0.1, 0.15) is 17.6 Å². The molecule has 1 atom stereocenters. The van der Waals surface area contributed by atoms with Crippen LogP contribution in [0, 0.1) is 6.92 Å². The van der Waals surface area contributed by atoms with Crippen LogP contribution in [0.3, 0.4) is 0 Å². The summed E-state index contributed by atoms with van der Waals surface area (Å²) in [6.45, 7) is 1.93. The Morgan fingerprint density at radius 1 is 1.24 bits per heavy atom. The van der Waals surface area contributed by atoms with Gasteiger partial charge in [0, 0.05) is 6.42 Å². The first-order chi connectivity index (χ1) is 8.20. The minimum absolute atomic E-state index is 0.540. The van der Waals surface area contributed by atoms with Crippen molar-refractivity contribution in [2.45, 2.75) is 19.4 Å². The van der Waals surface area contributed by atoms with Crippen LogP contribution in [0.25, 0.3) is 0 Å². The van der Waals surface area contributed by atoms with Gasteiger partial charge in [0.2, 0.25) is 0 Å². The van der Waals surface area contributed by atoms with E-state index in [1.807, 2.05) is 37.3 Å². The molecule has 0 bridgehead atoms. The van der Waals surface area contributed by atoms with Gasteiger partial charge in [-0.1, -0.05) is 12.1 Å². The summed E-state index contributed by atoms with van der Waals surface area (Å²) < 4.78 is 10.4. The lowest BCUT2D eigenvalue weighted by Crippen LogP contribution is -2.01. The van der Waals surface area contributed by atoms with Crippen molar-refractivity contribution in [3.8, 4) is 5.75 Å². The van der Waals surface area contributed by atoms with Crippen LogP contribution >= 0.6 is 0 Å². The highest BCUT2D eigenvalue weighted by Gasteiger charge is 2.14. The van der Waals surface area contributed by atoms with Gasteiger partial charge < -0.3 is 14.3 Å². The SMILES string of the molecule is COc1ccc(CC(O)c2occc2C)cc1. The van der Waals surface area contributed by atoms with Gasteiger partial charge >= 0.3 is 0 Å². The first-order valence-corrected chi connectivity index (χ1v) is 5.55. The first-order valence-electron chi connectivity index (χ1n) is 5.55. The lowest BCUT2D eigenvalue weighted by atomic mass is 10.0. The first kappa shape index (κ1) is 11.7. The number of rotatable bonds is 4. The molecule has 0 aliphatic carbocycles. The van der Waals surface area contributed by atoms with E-state index in [-0.39, 0.29) is 0 Å². The zero-order valence-electron chi connectivity index (χ0n) is 10.0. The Balaban J connectivity index is 2.07. The van der Waals surface area contributed by atoms with Crippen molar-refractivity contribution in [2.24, 2.45) is 0 Å². The fraction of sp³-hybridized carbons (Fsp3) is 0.286. The zero-order chi connectivity index (χ0) is 12.3. The minimum atomic E-state index is -0.599. The fourth-order valence-corrected chi connectivity index (χ4v) is 1.80. The second-order valence-electron chi connectivity index (χ2n) is 4.04. The second-order valence-corrected chi connectivity index (χ2v) is 4.04. The minimum Gasteiger partial charge on any atom is -0.497 e. The van der Waals surface area contributed by atoms with Crippen LogP contribution in [-0.2, 0) is 6.42 Å². The largest absolute Gasteiger partial charge is 0.497 e. The third-order valence-corrected chi connectivity index (χ3v) is 2.79. The molecule has 0 amide bonds. The van der Waals surface area contributed by atoms with Gasteiger partial charge in [-0.3, -0.25) is 0 Å². The Morgan fingerprint density at radius 2 is 1.94 bits per heavy atom. The van der Waals surface area contributed by atoms with Crippen LogP contribution in [0.2, 0.25) is 0 Å². The van der Waals surface area contributed by atoms with Crippen molar-refractivity contribution in [2.75, 3.05) is 7.11 Å². The van der Waals surface area contributed by atoms with Crippen molar-refractivity contribution in [3.05, 3.63) is 53.5 Å². The predicted molar refractivity (Wildman–Crippen MR) is 65.1 cm³/mol. The smallest absolute Gasteiger partial charge is 0.135 e. The lowest BCUT2D eigenvalue weighted by molar-refractivity contribution is 0.149. The summed E-state index contributed by atoms with van der Waals surface area (Å²) in [6, 6.07) is 9.52. The summed E-state index contributed by atoms with van der Waals surface area (Å²) in [4.78, 5) is 0. The van der Waals surface area contributed by atoms with E-state index in [1.165, 1.54) is 0 Å². The van der Waals surface area contributed by atoms with Gasteiger partial charge in [-0.25, -0.2) is 0 Å². The van der Waals surface area contributed by atoms with Crippen LogP contribution in [0.15, 0.2) is 41.0 Å². The number of methoxy groups -OCH3 is 1. The summed E-state index contributed by atoms with van der Waals surface area (Å²) in [6.07, 6.45) is 1.54. The molecule has 1 heterocycles. The summed E-state index contributed by atoms with van der Waals surface area (Å²) in [7, 11) is 1.63. The van der Waals surface area contributed by atoms with E-state index >= 15 is 0 Å². The topological polar surface area (TPSA) is 42.6 Å². The molecule has 0 aliphatic heterocycles. The molecule has 1 unspecified atom stereocenters. The third kappa shape index (κ3) is 2.68. The van der Waals surface area contributed by atoms with Crippen molar-refractivity contribution >= 4 is 0 Å². The Labute approximate surface area is 101 Å². The molecule has 1 N–H and O–H groups in total. The molecule has 1 aromatic carbocycles. The number of aliphatic hydroxyl groups excluding tert-OH is 1. The highest BCUT2D eigenvalue weighted by Crippen LogP contribution is 2.23. The standard InChI is InChI=1S/C14H16O3/c1-10-7-8-17-14(10)13(15)9-11-3-5-12(16-2)6-4-11/h3-8,13,15H,9H2,1-2H3. The van der Waals surface area contributed by atoms with Crippen molar-refractivity contribution in [1.29, 1.82) is 0 Å². The summed E-state index contributed by atoms with van der Waals surface area (Å²) in [5.74, 6) is 1.46. The molecule has 0 saturated carbocycles. The number of aryl methyl sites for hydroxylation is 1. The van der Waals surface area contributed by atoms with E-state index in [1.54, 1.807) is 13.4 Å². The summed E-state index contributed by atoms with van der Waals surface area (Å²) in [5.41, 5.74) is 2.03. The zero-order valence-corrected chi connectivity index (χ0v) is 10.0. The molecule has 3 heteroatoms. The van der Waals surface area contributed by atoms with E-state index in [0.29, 0.717) is 12.2 Å². The van der Waals surface area contributed by atoms with Crippen molar-refractivity contribution < 1.29 is 14.3 Å². The molecular weight excluding hydrogens is 216 g/mol. The number of aliphatic hydroxyl groups is 1. The van der Waals surface area contributed by atoms with E-state index in [0.717, 1.165) is 16.9 Å². The molecule has 0 saturated heterocycles. The van der Waals surface area contributed by atoms with Crippen LogP contribution in [-0.4, -0.2) is 12.2 Å². The Bertz CT molecular complexity index is 470. The van der Waals surface area contributed by atoms with E-state index in [2.05, 4.69) is 0 Å². The Hall–Kier alpha value is -1.74. The number of furan rings is 1. The highest BCUT2D eigenvalue weighted by molar-refractivity contribution is 5.28. The van der Waals surface area contributed by atoms with Crippen LogP contribution in [0.4, 0.5) is 0 Å². The van der Waals surface area contributed by atoms with Gasteiger partial charge in [0.15, 0.2) is 0 Å². The fourth-order valence-electron chi connectivity index (χ4n) is 1.80. The maximum atomic E-state index is 10.0. The van der Waals surface area contributed by atoms with E-state index in [9.17, 15) is 5.11 Å². The average Bonchev–Trinajstić information content (AvgIpc) is 2.76. The normalized spacial score (nSPS) is 12.4. The molecule has 2 aromatic rings. The molecular formula is C14H16O3. The second kappa shape index (κ2) is 5.06. The van der Waals surface area contributed by atoms with Gasteiger partial charge in [0.05, 0.1) is 13.4 Å². The molecule has 0 spiro atoms. The predicted octanol–water partition coefficient (Wildman–Crippen LogP) is 2.87. The molecule has 0 aliphatic rings. The number of hydrogen-bond donors (Lipinski definition) is 1. The molecule has 1 aromatic heterocycles. The van der Waals surface area contributed by atoms with E-state index < -0.39 is 6.10 Å². The summed E-state index contributed by atoms with van der Waals surface area (Å²) >= 11 is 0. The van der Waals surface area contributed by atoms with Crippen molar-refractivity contribution in [3.63, 3.8) is 0 Å². The molecule has 3 nitrogen and oxygen atoms in total. The summed E-state index contributed by atoms with van der Waals surface area (Å²) in [5, 5.41) is 10.0. The Kier molecular flexibility index (Phi) is 3.49. The lowest BCUT2D eigenvalue weighted by Gasteiger charge is -2.09. The average molecular weight is 232 g/mol. The highest BCUT2D eigenvalue weighted by atomic mass is 16.5. The molecule has 17 heavy (non-hydrogen) atoms. The van der Waals surface area contributed by atoms with Crippen molar-refractivity contribution in [1.82, 2.24) is 0 Å². The quantitative estimate of drug-likeness (QED) is 0.881. The van der Waals surface area contributed by atoms with Crippen LogP contribution in [0.5, 0.6) is 5.75 Å². The van der Waals surface area contributed by atoms with Gasteiger partial charge in [-0.2, -0.15) is 0 Å². The molecule has 2 rings (SSSR count). The maximum absolute atomic E-state index is 10.0. The number of hydrogen-bond acceptors (Lipinski definition) is 3. The van der Waals surface area contributed by atoms with Crippen LogP contribution < -0.4 is 4.74 Å². The monoisotopic (exact) mass is 232 g/mol. The molecule has 0 fully saturated rings. The Morgan fingerprint density at radius 3 is 2.47 bits per heavy atom.